The Bertz CT molecular complexity index is 535. The average Bonchev–Trinajstić information content (AvgIpc) is 2.43. The van der Waals surface area contributed by atoms with Crippen molar-refractivity contribution in [3.8, 4) is 5.75 Å². The van der Waals surface area contributed by atoms with Crippen LogP contribution in [0.25, 0.3) is 10.8 Å². The van der Waals surface area contributed by atoms with E-state index in [1.165, 1.54) is 0 Å². The summed E-state index contributed by atoms with van der Waals surface area (Å²) in [6.45, 7) is 5.43. The first-order chi connectivity index (χ1) is 9.24. The zero-order chi connectivity index (χ0) is 13.7. The zero-order valence-electron chi connectivity index (χ0n) is 11.4. The van der Waals surface area contributed by atoms with Crippen molar-refractivity contribution in [2.45, 2.75) is 20.0 Å². The first-order valence-electron chi connectivity index (χ1n) is 6.64. The van der Waals surface area contributed by atoms with Crippen molar-refractivity contribution in [1.29, 1.82) is 0 Å². The molecule has 3 heteroatoms. The summed E-state index contributed by atoms with van der Waals surface area (Å²) >= 11 is 0. The highest BCUT2D eigenvalue weighted by Gasteiger charge is 2.12. The van der Waals surface area contributed by atoms with E-state index < -0.39 is 6.10 Å². The summed E-state index contributed by atoms with van der Waals surface area (Å²) in [5, 5.41) is 12.0. The number of aliphatic hydroxyl groups excluding tert-OH is 1. The van der Waals surface area contributed by atoms with Gasteiger partial charge >= 0.3 is 0 Å². The number of fused-ring (bicyclic) bond motifs is 1. The van der Waals surface area contributed by atoms with Gasteiger partial charge in [0.25, 0.3) is 0 Å². The Morgan fingerprint density at radius 3 is 2.63 bits per heavy atom. The van der Waals surface area contributed by atoms with Crippen LogP contribution in [0.1, 0.15) is 25.5 Å². The third-order valence-corrected chi connectivity index (χ3v) is 3.04. The van der Waals surface area contributed by atoms with Crippen molar-refractivity contribution < 1.29 is 14.6 Å². The van der Waals surface area contributed by atoms with Crippen molar-refractivity contribution >= 4 is 10.8 Å². The van der Waals surface area contributed by atoms with E-state index in [9.17, 15) is 5.11 Å². The first-order valence-corrected chi connectivity index (χ1v) is 6.64. The minimum absolute atomic E-state index is 0.488. The first kappa shape index (κ1) is 13.8. The van der Waals surface area contributed by atoms with Gasteiger partial charge in [-0.25, -0.2) is 0 Å². The summed E-state index contributed by atoms with van der Waals surface area (Å²) in [5.41, 5.74) is 0.815. The number of hydrogen-bond donors (Lipinski definition) is 1. The molecule has 2 aromatic carbocycles. The Kier molecular flexibility index (Phi) is 4.77. The molecule has 0 saturated carbocycles. The van der Waals surface area contributed by atoms with Crippen LogP contribution in [0.4, 0.5) is 0 Å². The Morgan fingerprint density at radius 2 is 1.89 bits per heavy atom. The van der Waals surface area contributed by atoms with Crippen LogP contribution < -0.4 is 4.74 Å². The predicted molar refractivity (Wildman–Crippen MR) is 76.6 cm³/mol. The molecule has 0 saturated heterocycles. The molecule has 2 rings (SSSR count). The van der Waals surface area contributed by atoms with Crippen molar-refractivity contribution in [3.63, 3.8) is 0 Å². The van der Waals surface area contributed by atoms with Gasteiger partial charge < -0.3 is 14.6 Å². The van der Waals surface area contributed by atoms with E-state index in [1.807, 2.05) is 43.3 Å². The lowest BCUT2D eigenvalue weighted by Gasteiger charge is -2.16. The number of rotatable bonds is 6. The molecule has 19 heavy (non-hydrogen) atoms. The van der Waals surface area contributed by atoms with Gasteiger partial charge in [-0.15, -0.1) is 0 Å². The van der Waals surface area contributed by atoms with Gasteiger partial charge in [0.1, 0.15) is 12.4 Å². The van der Waals surface area contributed by atoms with Crippen LogP contribution in [0.2, 0.25) is 0 Å². The molecule has 0 bridgehead atoms. The lowest BCUT2D eigenvalue weighted by molar-refractivity contribution is 0.108. The quantitative estimate of drug-likeness (QED) is 0.810. The molecule has 0 fully saturated rings. The fourth-order valence-electron chi connectivity index (χ4n) is 2.10. The SMILES string of the molecule is CCOCCOc1c(C(C)O)ccc2ccccc12. The highest BCUT2D eigenvalue weighted by atomic mass is 16.5. The highest BCUT2D eigenvalue weighted by molar-refractivity contribution is 5.89. The molecule has 0 amide bonds. The van der Waals surface area contributed by atoms with Crippen LogP contribution in [0.3, 0.4) is 0 Å². The molecule has 0 aliphatic heterocycles. The van der Waals surface area contributed by atoms with Crippen LogP contribution in [0.15, 0.2) is 36.4 Å². The largest absolute Gasteiger partial charge is 0.490 e. The minimum Gasteiger partial charge on any atom is -0.490 e. The molecule has 2 aromatic rings. The number of ether oxygens (including phenoxy) is 2. The van der Waals surface area contributed by atoms with Crippen LogP contribution in [-0.2, 0) is 4.74 Å². The zero-order valence-corrected chi connectivity index (χ0v) is 11.4. The standard InChI is InChI=1S/C16H20O3/c1-3-18-10-11-19-16-14(12(2)17)9-8-13-6-4-5-7-15(13)16/h4-9,12,17H,3,10-11H2,1-2H3. The van der Waals surface area contributed by atoms with Gasteiger partial charge in [-0.2, -0.15) is 0 Å². The molecule has 0 aliphatic carbocycles. The van der Waals surface area contributed by atoms with E-state index in [-0.39, 0.29) is 0 Å². The van der Waals surface area contributed by atoms with Crippen LogP contribution >= 0.6 is 0 Å². The summed E-state index contributed by atoms with van der Waals surface area (Å²) in [6.07, 6.45) is -0.549. The summed E-state index contributed by atoms with van der Waals surface area (Å²) in [5.74, 6) is 0.757. The lowest BCUT2D eigenvalue weighted by Crippen LogP contribution is -2.08. The summed E-state index contributed by atoms with van der Waals surface area (Å²) in [4.78, 5) is 0. The normalized spacial score (nSPS) is 12.6. The van der Waals surface area contributed by atoms with Gasteiger partial charge in [0.2, 0.25) is 0 Å². The van der Waals surface area contributed by atoms with Gasteiger partial charge in [0, 0.05) is 17.6 Å². The fraction of sp³-hybridized carbons (Fsp3) is 0.375. The third kappa shape index (κ3) is 3.25. The van der Waals surface area contributed by atoms with E-state index in [1.54, 1.807) is 6.92 Å². The maximum atomic E-state index is 9.86. The summed E-state index contributed by atoms with van der Waals surface area (Å²) in [6, 6.07) is 11.9. The van der Waals surface area contributed by atoms with Crippen LogP contribution in [0.5, 0.6) is 5.75 Å². The van der Waals surface area contributed by atoms with E-state index in [0.717, 1.165) is 22.1 Å². The van der Waals surface area contributed by atoms with Crippen LogP contribution in [0, 0.1) is 0 Å². The van der Waals surface area contributed by atoms with E-state index in [0.29, 0.717) is 19.8 Å². The Morgan fingerprint density at radius 1 is 1.11 bits per heavy atom. The number of hydrogen-bond acceptors (Lipinski definition) is 3. The van der Waals surface area contributed by atoms with E-state index in [2.05, 4.69) is 0 Å². The summed E-state index contributed by atoms with van der Waals surface area (Å²) in [7, 11) is 0. The van der Waals surface area contributed by atoms with Gasteiger partial charge in [0.05, 0.1) is 12.7 Å². The van der Waals surface area contributed by atoms with Crippen molar-refractivity contribution in [3.05, 3.63) is 42.0 Å². The van der Waals surface area contributed by atoms with Gasteiger partial charge in [-0.3, -0.25) is 0 Å². The maximum absolute atomic E-state index is 9.86. The van der Waals surface area contributed by atoms with Crippen molar-refractivity contribution in [1.82, 2.24) is 0 Å². The molecular formula is C16H20O3. The third-order valence-electron chi connectivity index (χ3n) is 3.04. The molecule has 0 aliphatic rings. The van der Waals surface area contributed by atoms with Gasteiger partial charge in [-0.1, -0.05) is 36.4 Å². The Labute approximate surface area is 113 Å². The smallest absolute Gasteiger partial charge is 0.133 e. The molecule has 0 heterocycles. The molecule has 0 aromatic heterocycles. The summed E-state index contributed by atoms with van der Waals surface area (Å²) < 4.78 is 11.1. The van der Waals surface area contributed by atoms with Crippen LogP contribution in [-0.4, -0.2) is 24.9 Å². The molecule has 102 valence electrons. The average molecular weight is 260 g/mol. The maximum Gasteiger partial charge on any atom is 0.133 e. The van der Waals surface area contributed by atoms with E-state index >= 15 is 0 Å². The number of benzene rings is 2. The second-order valence-corrected chi connectivity index (χ2v) is 4.43. The highest BCUT2D eigenvalue weighted by Crippen LogP contribution is 2.33. The predicted octanol–water partition coefficient (Wildman–Crippen LogP) is 3.31. The topological polar surface area (TPSA) is 38.7 Å². The molecule has 1 N–H and O–H groups in total. The fourth-order valence-corrected chi connectivity index (χ4v) is 2.10. The second kappa shape index (κ2) is 6.55. The molecule has 1 atom stereocenters. The minimum atomic E-state index is -0.549. The monoisotopic (exact) mass is 260 g/mol. The molecule has 0 radical (unpaired) electrons. The molecule has 0 spiro atoms. The Hall–Kier alpha value is -1.58. The molecular weight excluding hydrogens is 240 g/mol. The van der Waals surface area contributed by atoms with Gasteiger partial charge in [0.15, 0.2) is 0 Å². The van der Waals surface area contributed by atoms with Crippen molar-refractivity contribution in [2.75, 3.05) is 19.8 Å². The van der Waals surface area contributed by atoms with Crippen molar-refractivity contribution in [2.24, 2.45) is 0 Å². The molecule has 3 nitrogen and oxygen atoms in total. The second-order valence-electron chi connectivity index (χ2n) is 4.43. The molecule has 1 unspecified atom stereocenters. The Balaban J connectivity index is 2.33. The van der Waals surface area contributed by atoms with Gasteiger partial charge in [-0.05, 0) is 19.2 Å². The number of aliphatic hydroxyl groups is 1. The lowest BCUT2D eigenvalue weighted by atomic mass is 10.0. The van der Waals surface area contributed by atoms with E-state index in [4.69, 9.17) is 9.47 Å².